The molecule has 2 aromatic carbocycles. The van der Waals surface area contributed by atoms with E-state index < -0.39 is 5.92 Å². The SMILES string of the molecule is Cc1cc(C)c(N2CC(C(=O)Nc3ccc(C#N)cc3)CC2=O)c(Cl)c1. The van der Waals surface area contributed by atoms with E-state index in [0.717, 1.165) is 11.1 Å². The standard InChI is InChI=1S/C20H18ClN3O2/c1-12-7-13(2)19(17(21)8-12)24-11-15(9-18(24)25)20(26)23-16-5-3-14(10-22)4-6-16/h3-8,15H,9,11H2,1-2H3,(H,23,26). The first kappa shape index (κ1) is 18.0. The summed E-state index contributed by atoms with van der Waals surface area (Å²) in [5.41, 5.74) is 3.74. The average molecular weight is 368 g/mol. The maximum atomic E-state index is 12.5. The Morgan fingerprint density at radius 2 is 1.96 bits per heavy atom. The maximum Gasteiger partial charge on any atom is 0.229 e. The summed E-state index contributed by atoms with van der Waals surface area (Å²) in [5, 5.41) is 12.1. The normalized spacial score (nSPS) is 16.5. The fraction of sp³-hybridized carbons (Fsp3) is 0.250. The lowest BCUT2D eigenvalue weighted by atomic mass is 10.1. The van der Waals surface area contributed by atoms with Gasteiger partial charge in [-0.1, -0.05) is 17.7 Å². The highest BCUT2D eigenvalue weighted by molar-refractivity contribution is 6.34. The van der Waals surface area contributed by atoms with Gasteiger partial charge in [-0.3, -0.25) is 9.59 Å². The Hall–Kier alpha value is -2.84. The molecular formula is C20H18ClN3O2. The number of nitriles is 1. The van der Waals surface area contributed by atoms with Gasteiger partial charge in [-0.05, 0) is 55.3 Å². The van der Waals surface area contributed by atoms with Crippen molar-refractivity contribution in [1.29, 1.82) is 5.26 Å². The van der Waals surface area contributed by atoms with Crippen molar-refractivity contribution in [2.24, 2.45) is 5.92 Å². The molecule has 1 fully saturated rings. The molecule has 3 rings (SSSR count). The van der Waals surface area contributed by atoms with Gasteiger partial charge in [0.05, 0.1) is 28.3 Å². The highest BCUT2D eigenvalue weighted by atomic mass is 35.5. The first-order valence-corrected chi connectivity index (χ1v) is 8.65. The van der Waals surface area contributed by atoms with Crippen LogP contribution in [0.25, 0.3) is 0 Å². The van der Waals surface area contributed by atoms with Gasteiger partial charge in [0, 0.05) is 18.7 Å². The van der Waals surface area contributed by atoms with Crippen molar-refractivity contribution in [3.8, 4) is 6.07 Å². The molecule has 132 valence electrons. The number of hydrogen-bond acceptors (Lipinski definition) is 3. The average Bonchev–Trinajstić information content (AvgIpc) is 2.96. The fourth-order valence-corrected chi connectivity index (χ4v) is 3.64. The van der Waals surface area contributed by atoms with Crippen molar-refractivity contribution in [3.63, 3.8) is 0 Å². The molecule has 1 unspecified atom stereocenters. The zero-order valence-corrected chi connectivity index (χ0v) is 15.3. The maximum absolute atomic E-state index is 12.5. The second-order valence-electron chi connectivity index (χ2n) is 6.50. The van der Waals surface area contributed by atoms with Gasteiger partial charge in [-0.2, -0.15) is 5.26 Å². The van der Waals surface area contributed by atoms with E-state index in [1.54, 1.807) is 29.2 Å². The molecule has 0 radical (unpaired) electrons. The van der Waals surface area contributed by atoms with Crippen molar-refractivity contribution in [2.75, 3.05) is 16.8 Å². The Balaban J connectivity index is 1.75. The third-order valence-electron chi connectivity index (χ3n) is 4.45. The third kappa shape index (κ3) is 3.56. The third-order valence-corrected chi connectivity index (χ3v) is 4.73. The number of amides is 2. The van der Waals surface area contributed by atoms with Crippen LogP contribution in [-0.2, 0) is 9.59 Å². The van der Waals surface area contributed by atoms with Crippen LogP contribution in [0.15, 0.2) is 36.4 Å². The topological polar surface area (TPSA) is 73.2 Å². The molecule has 1 N–H and O–H groups in total. The molecule has 26 heavy (non-hydrogen) atoms. The van der Waals surface area contributed by atoms with Gasteiger partial charge >= 0.3 is 0 Å². The summed E-state index contributed by atoms with van der Waals surface area (Å²) in [6, 6.07) is 12.4. The van der Waals surface area contributed by atoms with Crippen molar-refractivity contribution in [1.82, 2.24) is 0 Å². The quantitative estimate of drug-likeness (QED) is 0.896. The number of halogens is 1. The van der Waals surface area contributed by atoms with E-state index in [9.17, 15) is 9.59 Å². The molecule has 1 aliphatic heterocycles. The monoisotopic (exact) mass is 367 g/mol. The number of nitrogens with zero attached hydrogens (tertiary/aromatic N) is 2. The smallest absolute Gasteiger partial charge is 0.229 e. The van der Waals surface area contributed by atoms with E-state index in [2.05, 4.69) is 5.32 Å². The molecule has 2 aromatic rings. The predicted octanol–water partition coefficient (Wildman–Crippen LogP) is 3.82. The summed E-state index contributed by atoms with van der Waals surface area (Å²) in [7, 11) is 0. The first-order chi connectivity index (χ1) is 12.4. The van der Waals surface area contributed by atoms with Gasteiger partial charge in [0.1, 0.15) is 0 Å². The molecular weight excluding hydrogens is 350 g/mol. The molecule has 6 heteroatoms. The Morgan fingerprint density at radius 1 is 1.27 bits per heavy atom. The van der Waals surface area contributed by atoms with Crippen LogP contribution < -0.4 is 10.2 Å². The van der Waals surface area contributed by atoms with E-state index >= 15 is 0 Å². The number of hydrogen-bond donors (Lipinski definition) is 1. The number of aryl methyl sites for hydroxylation is 2. The number of anilines is 2. The number of nitrogens with one attached hydrogen (secondary N) is 1. The molecule has 0 aromatic heterocycles. The van der Waals surface area contributed by atoms with E-state index in [-0.39, 0.29) is 18.2 Å². The van der Waals surface area contributed by atoms with Gasteiger partial charge in [-0.25, -0.2) is 0 Å². The molecule has 1 aliphatic rings. The largest absolute Gasteiger partial charge is 0.326 e. The predicted molar refractivity (Wildman–Crippen MR) is 101 cm³/mol. The zero-order valence-electron chi connectivity index (χ0n) is 14.5. The van der Waals surface area contributed by atoms with Gasteiger partial charge < -0.3 is 10.2 Å². The summed E-state index contributed by atoms with van der Waals surface area (Å²) >= 11 is 6.34. The number of carbonyl (C=O) groups excluding carboxylic acids is 2. The van der Waals surface area contributed by atoms with Crippen molar-refractivity contribution >= 4 is 34.8 Å². The fourth-order valence-electron chi connectivity index (χ4n) is 3.22. The molecule has 1 saturated heterocycles. The minimum atomic E-state index is -0.449. The van der Waals surface area contributed by atoms with E-state index in [4.69, 9.17) is 16.9 Å². The van der Waals surface area contributed by atoms with Crippen LogP contribution in [0, 0.1) is 31.1 Å². The summed E-state index contributed by atoms with van der Waals surface area (Å²) < 4.78 is 0. The molecule has 0 bridgehead atoms. The van der Waals surface area contributed by atoms with Gasteiger partial charge in [-0.15, -0.1) is 0 Å². The summed E-state index contributed by atoms with van der Waals surface area (Å²) in [4.78, 5) is 26.6. The second-order valence-corrected chi connectivity index (χ2v) is 6.90. The number of benzene rings is 2. The lowest BCUT2D eigenvalue weighted by Crippen LogP contribution is -2.28. The molecule has 0 aliphatic carbocycles. The zero-order chi connectivity index (χ0) is 18.8. The van der Waals surface area contributed by atoms with Crippen LogP contribution in [0.3, 0.4) is 0 Å². The highest BCUT2D eigenvalue weighted by Gasteiger charge is 2.36. The Labute approximate surface area is 157 Å². The van der Waals surface area contributed by atoms with Gasteiger partial charge in [0.15, 0.2) is 0 Å². The second kappa shape index (κ2) is 7.19. The van der Waals surface area contributed by atoms with Crippen molar-refractivity contribution < 1.29 is 9.59 Å². The Kier molecular flexibility index (Phi) is 4.97. The molecule has 5 nitrogen and oxygen atoms in total. The number of rotatable bonds is 3. The van der Waals surface area contributed by atoms with E-state index in [0.29, 0.717) is 28.5 Å². The Morgan fingerprint density at radius 3 is 2.58 bits per heavy atom. The molecule has 1 atom stereocenters. The van der Waals surface area contributed by atoms with Crippen molar-refractivity contribution in [3.05, 3.63) is 58.1 Å². The van der Waals surface area contributed by atoms with Crippen LogP contribution in [0.4, 0.5) is 11.4 Å². The van der Waals surface area contributed by atoms with Crippen LogP contribution in [0.1, 0.15) is 23.1 Å². The summed E-state index contributed by atoms with van der Waals surface area (Å²) in [5.74, 6) is -0.778. The molecule has 0 saturated carbocycles. The van der Waals surface area contributed by atoms with Crippen LogP contribution >= 0.6 is 11.6 Å². The minimum Gasteiger partial charge on any atom is -0.326 e. The lowest BCUT2D eigenvalue weighted by molar-refractivity contribution is -0.122. The highest BCUT2D eigenvalue weighted by Crippen LogP contribution is 2.35. The van der Waals surface area contributed by atoms with Crippen LogP contribution in [-0.4, -0.2) is 18.4 Å². The van der Waals surface area contributed by atoms with Crippen molar-refractivity contribution in [2.45, 2.75) is 20.3 Å². The minimum absolute atomic E-state index is 0.112. The summed E-state index contributed by atoms with van der Waals surface area (Å²) in [6.45, 7) is 4.15. The lowest BCUT2D eigenvalue weighted by Gasteiger charge is -2.21. The van der Waals surface area contributed by atoms with E-state index in [1.165, 1.54) is 0 Å². The van der Waals surface area contributed by atoms with E-state index in [1.807, 2.05) is 32.0 Å². The van der Waals surface area contributed by atoms with Crippen LogP contribution in [0.5, 0.6) is 0 Å². The first-order valence-electron chi connectivity index (χ1n) is 8.27. The van der Waals surface area contributed by atoms with Crippen LogP contribution in [0.2, 0.25) is 5.02 Å². The molecule has 1 heterocycles. The molecule has 2 amide bonds. The summed E-state index contributed by atoms with van der Waals surface area (Å²) in [6.07, 6.45) is 0.145. The molecule has 0 spiro atoms. The van der Waals surface area contributed by atoms with Gasteiger partial charge in [0.25, 0.3) is 0 Å². The Bertz CT molecular complexity index is 893. The number of carbonyl (C=O) groups is 2. The van der Waals surface area contributed by atoms with Gasteiger partial charge in [0.2, 0.25) is 11.8 Å².